The molecular formula is C32H32N6Pd-4. The minimum atomic E-state index is 0. The zero-order valence-electron chi connectivity index (χ0n) is 22.7. The van der Waals surface area contributed by atoms with E-state index in [1.165, 1.54) is 22.7 Å². The Hall–Kier alpha value is -3.66. The molecule has 0 spiro atoms. The third-order valence-corrected chi connectivity index (χ3v) is 7.08. The van der Waals surface area contributed by atoms with Crippen LogP contribution in [0.2, 0.25) is 0 Å². The van der Waals surface area contributed by atoms with Gasteiger partial charge in [-0.1, -0.05) is 35.6 Å². The molecule has 4 aromatic rings. The van der Waals surface area contributed by atoms with E-state index in [2.05, 4.69) is 156 Å². The summed E-state index contributed by atoms with van der Waals surface area (Å²) in [6.45, 7) is 6.07. The fraction of sp³-hybridized carbons (Fsp3) is 0.188. The van der Waals surface area contributed by atoms with Crippen molar-refractivity contribution in [2.24, 2.45) is 0 Å². The van der Waals surface area contributed by atoms with Crippen molar-refractivity contribution in [3.05, 3.63) is 110 Å². The Labute approximate surface area is 246 Å². The summed E-state index contributed by atoms with van der Waals surface area (Å²) in [5.74, 6) is 0. The summed E-state index contributed by atoms with van der Waals surface area (Å²) in [5.41, 5.74) is 9.12. The fourth-order valence-corrected chi connectivity index (χ4v) is 5.02. The topological polar surface area (TPSA) is 19.4 Å². The minimum absolute atomic E-state index is 0. The molecule has 0 bridgehead atoms. The molecule has 7 heteroatoms. The van der Waals surface area contributed by atoms with E-state index in [1.807, 2.05) is 12.1 Å². The van der Waals surface area contributed by atoms with E-state index >= 15 is 0 Å². The molecule has 6 rings (SSSR count). The van der Waals surface area contributed by atoms with Gasteiger partial charge in [0, 0.05) is 84.5 Å². The first kappa shape index (κ1) is 26.9. The van der Waals surface area contributed by atoms with E-state index < -0.39 is 0 Å². The van der Waals surface area contributed by atoms with Gasteiger partial charge in [0.15, 0.2) is 0 Å². The van der Waals surface area contributed by atoms with Gasteiger partial charge in [0.2, 0.25) is 0 Å². The number of hydrogen-bond donors (Lipinski definition) is 0. The van der Waals surface area contributed by atoms with Crippen molar-refractivity contribution in [3.8, 4) is 0 Å². The Morgan fingerprint density at radius 3 is 1.36 bits per heavy atom. The Bertz CT molecular complexity index is 1330. The Balaban J connectivity index is 0.00000308. The van der Waals surface area contributed by atoms with Crippen molar-refractivity contribution in [2.45, 2.75) is 0 Å². The molecule has 0 aliphatic carbocycles. The Morgan fingerprint density at radius 2 is 0.974 bits per heavy atom. The summed E-state index contributed by atoms with van der Waals surface area (Å²) in [6, 6.07) is 36.5. The van der Waals surface area contributed by atoms with Crippen LogP contribution in [-0.2, 0) is 20.4 Å². The summed E-state index contributed by atoms with van der Waals surface area (Å²) in [4.78, 5) is 13.4. The maximum atomic E-state index is 3.42. The standard InChI is InChI=1S/C32H32N6.Pd/c1-33(2)25-11-9-13-27(21-25)37-23-35(29-15-5-7-17-31(29)37)19-20-36-24-38(32-18-8-6-16-30(32)36)28-14-10-12-26(22-28)34(3)4;/h5-12,15-18,21-24H,19-20H2,1-4H3;/q-4;. The van der Waals surface area contributed by atoms with Gasteiger partial charge in [0.1, 0.15) is 0 Å². The van der Waals surface area contributed by atoms with Crippen LogP contribution in [0.4, 0.5) is 45.5 Å². The monoisotopic (exact) mass is 606 g/mol. The molecule has 0 saturated carbocycles. The first-order valence-electron chi connectivity index (χ1n) is 12.9. The summed E-state index contributed by atoms with van der Waals surface area (Å²) in [5, 5.41) is 0. The molecule has 4 aromatic carbocycles. The van der Waals surface area contributed by atoms with Crippen LogP contribution < -0.4 is 29.4 Å². The first-order valence-corrected chi connectivity index (χ1v) is 12.9. The van der Waals surface area contributed by atoms with Crippen LogP contribution in [0.15, 0.2) is 84.9 Å². The summed E-state index contributed by atoms with van der Waals surface area (Å²) in [7, 11) is 8.26. The molecule has 2 aliphatic heterocycles. The smallest absolute Gasteiger partial charge is 0.0326 e. The number of fused-ring (bicyclic) bond motifs is 2. The third kappa shape index (κ3) is 5.17. The number of nitrogens with zero attached hydrogens (tertiary/aromatic N) is 6. The predicted molar refractivity (Wildman–Crippen MR) is 160 cm³/mol. The summed E-state index contributed by atoms with van der Waals surface area (Å²) in [6.07, 6.45) is 0. The van der Waals surface area contributed by atoms with E-state index in [9.17, 15) is 0 Å². The number of benzene rings is 4. The zero-order chi connectivity index (χ0) is 26.2. The average Bonchev–Trinajstić information content (AvgIpc) is 3.51. The van der Waals surface area contributed by atoms with Crippen LogP contribution in [0.5, 0.6) is 0 Å². The Morgan fingerprint density at radius 1 is 0.590 bits per heavy atom. The van der Waals surface area contributed by atoms with Gasteiger partial charge in [-0.15, -0.1) is 35.6 Å². The first-order chi connectivity index (χ1) is 18.5. The SMILES string of the molecule is CN(C)c1cc[c-]c(N2[CH-]N(CCN3[CH-]N(c4[c-]ccc(N(C)C)c4)c4ccccc43)c3ccccc32)c1.[Pd]. The van der Waals surface area contributed by atoms with Crippen molar-refractivity contribution in [3.63, 3.8) is 0 Å². The van der Waals surface area contributed by atoms with Gasteiger partial charge in [-0.2, -0.15) is 37.6 Å². The van der Waals surface area contributed by atoms with Crippen LogP contribution in [0.3, 0.4) is 0 Å². The average molecular weight is 607 g/mol. The summed E-state index contributed by atoms with van der Waals surface area (Å²) >= 11 is 0. The Kier molecular flexibility index (Phi) is 7.75. The second-order valence-electron chi connectivity index (χ2n) is 9.99. The zero-order valence-corrected chi connectivity index (χ0v) is 24.2. The van der Waals surface area contributed by atoms with Crippen molar-refractivity contribution in [1.82, 2.24) is 0 Å². The molecule has 0 aromatic heterocycles. The molecule has 39 heavy (non-hydrogen) atoms. The van der Waals surface area contributed by atoms with E-state index in [-0.39, 0.29) is 20.4 Å². The maximum absolute atomic E-state index is 3.42. The molecule has 204 valence electrons. The van der Waals surface area contributed by atoms with Crippen LogP contribution in [0.25, 0.3) is 0 Å². The van der Waals surface area contributed by atoms with Crippen LogP contribution in [0.1, 0.15) is 0 Å². The van der Waals surface area contributed by atoms with Crippen molar-refractivity contribution < 1.29 is 20.4 Å². The van der Waals surface area contributed by atoms with Crippen molar-refractivity contribution >= 4 is 45.5 Å². The third-order valence-electron chi connectivity index (χ3n) is 7.08. The second-order valence-corrected chi connectivity index (χ2v) is 9.99. The number of hydrogen-bond acceptors (Lipinski definition) is 6. The molecule has 0 amide bonds. The molecule has 2 aliphatic rings. The van der Waals surface area contributed by atoms with Crippen molar-refractivity contribution in [1.29, 1.82) is 0 Å². The van der Waals surface area contributed by atoms with E-state index in [0.29, 0.717) is 0 Å². The quantitative estimate of drug-likeness (QED) is 0.181. The molecule has 0 radical (unpaired) electrons. The molecule has 2 heterocycles. The van der Waals surface area contributed by atoms with Gasteiger partial charge >= 0.3 is 0 Å². The second kappa shape index (κ2) is 11.2. The van der Waals surface area contributed by atoms with Crippen LogP contribution in [0, 0.1) is 25.5 Å². The van der Waals surface area contributed by atoms with E-state index in [0.717, 1.165) is 35.8 Å². The molecule has 0 unspecified atom stereocenters. The number of para-hydroxylation sites is 4. The molecule has 0 saturated heterocycles. The largest absolute Gasteiger partial charge is 0.500 e. The van der Waals surface area contributed by atoms with E-state index in [1.54, 1.807) is 0 Å². The van der Waals surface area contributed by atoms with Gasteiger partial charge in [-0.05, 0) is 24.3 Å². The van der Waals surface area contributed by atoms with Gasteiger partial charge in [0.25, 0.3) is 0 Å². The predicted octanol–water partition coefficient (Wildman–Crippen LogP) is 6.27. The maximum Gasteiger partial charge on any atom is 0.0326 e. The number of anilines is 8. The summed E-state index contributed by atoms with van der Waals surface area (Å²) < 4.78 is 0. The van der Waals surface area contributed by atoms with E-state index in [4.69, 9.17) is 0 Å². The molecule has 0 fully saturated rings. The van der Waals surface area contributed by atoms with Gasteiger partial charge in [0.05, 0.1) is 0 Å². The van der Waals surface area contributed by atoms with Gasteiger partial charge in [-0.3, -0.25) is 0 Å². The van der Waals surface area contributed by atoms with Crippen LogP contribution >= 0.6 is 0 Å². The van der Waals surface area contributed by atoms with Gasteiger partial charge < -0.3 is 29.4 Å². The normalized spacial score (nSPS) is 13.7. The molecule has 0 N–H and O–H groups in total. The number of rotatable bonds is 7. The van der Waals surface area contributed by atoms with Gasteiger partial charge in [-0.25, -0.2) is 0 Å². The van der Waals surface area contributed by atoms with Crippen LogP contribution in [-0.4, -0.2) is 41.3 Å². The minimum Gasteiger partial charge on any atom is -0.500 e. The fourth-order valence-electron chi connectivity index (χ4n) is 5.02. The molecule has 0 atom stereocenters. The molecule has 6 nitrogen and oxygen atoms in total. The van der Waals surface area contributed by atoms with Crippen molar-refractivity contribution in [2.75, 3.05) is 70.7 Å². The molecular weight excluding hydrogens is 575 g/mol.